The number of hydrogen-bond acceptors (Lipinski definition) is 5. The summed E-state index contributed by atoms with van der Waals surface area (Å²) in [5.41, 5.74) is 7.67. The molecule has 5 nitrogen and oxygen atoms in total. The van der Waals surface area contributed by atoms with E-state index in [-0.39, 0.29) is 10.8 Å². The molecule has 9 rings (SSSR count). The van der Waals surface area contributed by atoms with E-state index in [0.29, 0.717) is 11.8 Å². The minimum Gasteiger partial charge on any atom is -0.456 e. The van der Waals surface area contributed by atoms with Crippen molar-refractivity contribution in [3.63, 3.8) is 0 Å². The third kappa shape index (κ3) is 4.50. The van der Waals surface area contributed by atoms with E-state index >= 15 is 0 Å². The van der Waals surface area contributed by atoms with Crippen LogP contribution in [0.3, 0.4) is 0 Å². The molecule has 5 aromatic heterocycles. The molecule has 6 heteroatoms. The minimum absolute atomic E-state index is 0.136. The molecule has 0 saturated carbocycles. The SMILES string of the molecule is CC(C)(C)c1cc(Oc2nc(-n3c4ccccc4c4ccccc43)ccc2C(C)(C)C)nc(-c2cc3oc4cccc5sc(c2)c3c45)c1. The maximum absolute atomic E-state index is 6.82. The molecule has 48 heavy (non-hydrogen) atoms. The van der Waals surface area contributed by atoms with Gasteiger partial charge in [-0.2, -0.15) is 4.98 Å². The molecule has 0 aliphatic heterocycles. The zero-order valence-electron chi connectivity index (χ0n) is 27.9. The van der Waals surface area contributed by atoms with Crippen LogP contribution in [0.5, 0.6) is 11.8 Å². The number of hydrogen-bond donors (Lipinski definition) is 0. The molecule has 0 fully saturated rings. The lowest BCUT2D eigenvalue weighted by Crippen LogP contribution is -2.15. The first-order chi connectivity index (χ1) is 23.0. The van der Waals surface area contributed by atoms with Crippen molar-refractivity contribution < 1.29 is 9.15 Å². The summed E-state index contributed by atoms with van der Waals surface area (Å²) in [5, 5.41) is 4.79. The lowest BCUT2D eigenvalue weighted by Gasteiger charge is -2.24. The standard InChI is InChI=1S/C42H35N3O2S/c1-41(2,3)25-22-29(24-20-33-39-35(21-24)48-34-17-11-16-32(46-33)38(34)39)43-37(23-25)47-40-28(42(4,5)6)18-19-36(44-40)45-30-14-9-7-12-26(30)27-13-8-10-15-31(27)45/h7-23H,1-6H3. The van der Waals surface area contributed by atoms with Crippen molar-refractivity contribution in [2.24, 2.45) is 0 Å². The van der Waals surface area contributed by atoms with Crippen molar-refractivity contribution in [3.8, 4) is 28.8 Å². The first-order valence-electron chi connectivity index (χ1n) is 16.4. The maximum atomic E-state index is 6.82. The number of rotatable bonds is 4. The predicted molar refractivity (Wildman–Crippen MR) is 200 cm³/mol. The van der Waals surface area contributed by atoms with Crippen LogP contribution in [0.1, 0.15) is 52.7 Å². The molecule has 9 aromatic rings. The quantitative estimate of drug-likeness (QED) is 0.191. The van der Waals surface area contributed by atoms with Gasteiger partial charge in [-0.25, -0.2) is 4.98 Å². The lowest BCUT2D eigenvalue weighted by atomic mass is 9.86. The van der Waals surface area contributed by atoms with Crippen LogP contribution in [0.15, 0.2) is 108 Å². The highest BCUT2D eigenvalue weighted by Gasteiger charge is 2.25. The van der Waals surface area contributed by atoms with Crippen LogP contribution >= 0.6 is 11.3 Å². The Balaban J connectivity index is 1.22. The molecule has 0 N–H and O–H groups in total. The van der Waals surface area contributed by atoms with Gasteiger partial charge in [0.05, 0.1) is 16.7 Å². The van der Waals surface area contributed by atoms with E-state index in [4.69, 9.17) is 19.1 Å². The molecule has 0 atom stereocenters. The Morgan fingerprint density at radius 1 is 0.646 bits per heavy atom. The fraction of sp³-hybridized carbons (Fsp3) is 0.190. The van der Waals surface area contributed by atoms with Gasteiger partial charge in [0.15, 0.2) is 0 Å². The van der Waals surface area contributed by atoms with Gasteiger partial charge in [0.25, 0.3) is 0 Å². The topological polar surface area (TPSA) is 53.1 Å². The van der Waals surface area contributed by atoms with Gasteiger partial charge >= 0.3 is 0 Å². The van der Waals surface area contributed by atoms with E-state index < -0.39 is 0 Å². The average molecular weight is 646 g/mol. The zero-order valence-corrected chi connectivity index (χ0v) is 28.7. The number of nitrogens with zero attached hydrogens (tertiary/aromatic N) is 3. The van der Waals surface area contributed by atoms with E-state index in [1.165, 1.54) is 30.9 Å². The molecule has 236 valence electrons. The van der Waals surface area contributed by atoms with E-state index in [1.807, 2.05) is 6.07 Å². The van der Waals surface area contributed by atoms with E-state index in [2.05, 4.69) is 143 Å². The highest BCUT2D eigenvalue weighted by Crippen LogP contribution is 2.45. The Bertz CT molecular complexity index is 2570. The summed E-state index contributed by atoms with van der Waals surface area (Å²) in [6.07, 6.45) is 0. The first kappa shape index (κ1) is 29.0. The third-order valence-corrected chi connectivity index (χ3v) is 10.5. The highest BCUT2D eigenvalue weighted by molar-refractivity contribution is 7.26. The van der Waals surface area contributed by atoms with Gasteiger partial charge in [-0.1, -0.05) is 84.0 Å². The minimum atomic E-state index is -0.210. The van der Waals surface area contributed by atoms with Crippen LogP contribution in [-0.4, -0.2) is 14.5 Å². The van der Waals surface area contributed by atoms with Crippen LogP contribution in [0, 0.1) is 0 Å². The van der Waals surface area contributed by atoms with Gasteiger partial charge in [-0.15, -0.1) is 11.3 Å². The molecule has 0 bridgehead atoms. The third-order valence-electron chi connectivity index (χ3n) is 9.37. The second kappa shape index (κ2) is 10.1. The van der Waals surface area contributed by atoms with Crippen LogP contribution in [0.25, 0.3) is 70.2 Å². The summed E-state index contributed by atoms with van der Waals surface area (Å²) in [6.45, 7) is 13.2. The van der Waals surface area contributed by atoms with Crippen molar-refractivity contribution >= 4 is 64.5 Å². The maximum Gasteiger partial charge on any atom is 0.227 e. The summed E-state index contributed by atoms with van der Waals surface area (Å²) in [7, 11) is 0. The first-order valence-corrected chi connectivity index (χ1v) is 17.2. The van der Waals surface area contributed by atoms with Crippen LogP contribution in [-0.2, 0) is 10.8 Å². The smallest absolute Gasteiger partial charge is 0.227 e. The van der Waals surface area contributed by atoms with Crippen molar-refractivity contribution in [2.75, 3.05) is 0 Å². The molecule has 4 aromatic carbocycles. The molecule has 0 saturated heterocycles. The molecular formula is C42H35N3O2S. The van der Waals surface area contributed by atoms with Crippen molar-refractivity contribution in [3.05, 3.63) is 114 Å². The van der Waals surface area contributed by atoms with Gasteiger partial charge in [-0.05, 0) is 71.0 Å². The molecule has 5 heterocycles. The van der Waals surface area contributed by atoms with Gasteiger partial charge < -0.3 is 9.15 Å². The predicted octanol–water partition coefficient (Wildman–Crippen LogP) is 12.2. The monoisotopic (exact) mass is 645 g/mol. The Labute approximate surface area is 282 Å². The summed E-state index contributed by atoms with van der Waals surface area (Å²) in [5.74, 6) is 1.88. The normalized spacial score (nSPS) is 12.8. The van der Waals surface area contributed by atoms with Crippen LogP contribution < -0.4 is 4.74 Å². The number of pyridine rings is 2. The van der Waals surface area contributed by atoms with Crippen molar-refractivity contribution in [1.82, 2.24) is 14.5 Å². The van der Waals surface area contributed by atoms with Gasteiger partial charge in [-0.3, -0.25) is 4.57 Å². The second-order valence-electron chi connectivity index (χ2n) is 14.8. The number of benzene rings is 4. The summed E-state index contributed by atoms with van der Waals surface area (Å²) in [4.78, 5) is 10.4. The van der Waals surface area contributed by atoms with E-state index in [0.717, 1.165) is 50.4 Å². The lowest BCUT2D eigenvalue weighted by molar-refractivity contribution is 0.420. The molecule has 0 aliphatic rings. The van der Waals surface area contributed by atoms with E-state index in [9.17, 15) is 0 Å². The number of thiophene rings is 1. The van der Waals surface area contributed by atoms with Gasteiger partial charge in [0.1, 0.15) is 17.0 Å². The molecule has 0 amide bonds. The molecule has 0 radical (unpaired) electrons. The van der Waals surface area contributed by atoms with E-state index in [1.54, 1.807) is 11.3 Å². The Morgan fingerprint density at radius 3 is 2.06 bits per heavy atom. The summed E-state index contributed by atoms with van der Waals surface area (Å²) >= 11 is 1.80. The summed E-state index contributed by atoms with van der Waals surface area (Å²) < 4.78 is 17.8. The molecule has 0 spiro atoms. The molecule has 0 aliphatic carbocycles. The highest BCUT2D eigenvalue weighted by atomic mass is 32.1. The Kier molecular flexibility index (Phi) is 6.13. The van der Waals surface area contributed by atoms with Crippen molar-refractivity contribution in [2.45, 2.75) is 52.4 Å². The Morgan fingerprint density at radius 2 is 1.35 bits per heavy atom. The summed E-state index contributed by atoms with van der Waals surface area (Å²) in [6, 6.07) is 36.1. The van der Waals surface area contributed by atoms with Crippen LogP contribution in [0.4, 0.5) is 0 Å². The zero-order chi connectivity index (χ0) is 32.9. The number of fused-ring (bicyclic) bond motifs is 3. The number of aromatic nitrogens is 3. The number of furan rings is 1. The number of para-hydroxylation sites is 2. The van der Waals surface area contributed by atoms with Gasteiger partial charge in [0.2, 0.25) is 11.8 Å². The molecular weight excluding hydrogens is 611 g/mol. The second-order valence-corrected chi connectivity index (χ2v) is 15.8. The number of ether oxygens (including phenoxy) is 1. The van der Waals surface area contributed by atoms with Crippen LogP contribution in [0.2, 0.25) is 0 Å². The Hall–Kier alpha value is -5.20. The molecule has 0 unspecified atom stereocenters. The fourth-order valence-electron chi connectivity index (χ4n) is 6.92. The average Bonchev–Trinajstić information content (AvgIpc) is 3.73. The van der Waals surface area contributed by atoms with Crippen molar-refractivity contribution in [1.29, 1.82) is 0 Å². The largest absolute Gasteiger partial charge is 0.456 e. The fourth-order valence-corrected chi connectivity index (χ4v) is 8.10. The van der Waals surface area contributed by atoms with Gasteiger partial charge in [0, 0.05) is 48.1 Å².